The fraction of sp³-hybridized carbons (Fsp3) is 0.308. The van der Waals surface area contributed by atoms with Gasteiger partial charge in [0.2, 0.25) is 5.91 Å². The third-order valence-electron chi connectivity index (χ3n) is 2.26. The van der Waals surface area contributed by atoms with Gasteiger partial charge in [-0.25, -0.2) is 4.39 Å². The van der Waals surface area contributed by atoms with E-state index in [2.05, 4.69) is 11.2 Å². The molecule has 0 spiro atoms. The predicted molar refractivity (Wildman–Crippen MR) is 66.7 cm³/mol. The maximum absolute atomic E-state index is 12.9. The van der Waals surface area contributed by atoms with Gasteiger partial charge < -0.3 is 11.1 Å². The molecule has 0 unspecified atom stereocenters. The van der Waals surface area contributed by atoms with Crippen LogP contribution in [0, 0.1) is 18.2 Å². The number of nitrogen functional groups attached to an aromatic ring is 1. The van der Waals surface area contributed by atoms with E-state index in [0.29, 0.717) is 30.6 Å². The van der Waals surface area contributed by atoms with Gasteiger partial charge in [0.25, 0.3) is 0 Å². The molecule has 0 radical (unpaired) electrons. The van der Waals surface area contributed by atoms with Crippen molar-refractivity contribution in [3.8, 4) is 12.3 Å². The van der Waals surface area contributed by atoms with E-state index in [1.54, 1.807) is 0 Å². The highest BCUT2D eigenvalue weighted by atomic mass is 19.1. The zero-order valence-electron chi connectivity index (χ0n) is 9.50. The Hall–Kier alpha value is -2.02. The quantitative estimate of drug-likeness (QED) is 0.467. The minimum absolute atomic E-state index is 0.181. The fourth-order valence-corrected chi connectivity index (χ4v) is 1.36. The highest BCUT2D eigenvalue weighted by Gasteiger charge is 2.05. The van der Waals surface area contributed by atoms with Crippen LogP contribution in [0.5, 0.6) is 0 Å². The molecular formula is C13H15FN2O. The Balaban J connectivity index is 2.45. The molecule has 0 aliphatic carbocycles. The summed E-state index contributed by atoms with van der Waals surface area (Å²) >= 11 is 0. The van der Waals surface area contributed by atoms with Crippen LogP contribution in [0.2, 0.25) is 0 Å². The van der Waals surface area contributed by atoms with Crippen LogP contribution < -0.4 is 11.1 Å². The predicted octanol–water partition coefficient (Wildman–Crippen LogP) is 2.54. The molecule has 3 nitrogen and oxygen atoms in total. The molecule has 0 fully saturated rings. The first-order chi connectivity index (χ1) is 8.13. The van der Waals surface area contributed by atoms with Crippen LogP contribution in [0.15, 0.2) is 18.2 Å². The number of carbonyl (C=O) groups excluding carboxylic acids is 1. The highest BCUT2D eigenvalue weighted by Crippen LogP contribution is 2.19. The maximum atomic E-state index is 12.9. The molecule has 0 aliphatic heterocycles. The van der Waals surface area contributed by atoms with Gasteiger partial charge in [0.05, 0.1) is 11.4 Å². The summed E-state index contributed by atoms with van der Waals surface area (Å²) in [6, 6.07) is 3.87. The monoisotopic (exact) mass is 234 g/mol. The minimum Gasteiger partial charge on any atom is -0.397 e. The Morgan fingerprint density at radius 3 is 2.94 bits per heavy atom. The molecule has 0 aromatic heterocycles. The average Bonchev–Trinajstić information content (AvgIpc) is 2.29. The summed E-state index contributed by atoms with van der Waals surface area (Å²) in [6.45, 7) is 0. The third-order valence-corrected chi connectivity index (χ3v) is 2.26. The molecule has 1 amide bonds. The van der Waals surface area contributed by atoms with Gasteiger partial charge in [-0.15, -0.1) is 12.3 Å². The lowest BCUT2D eigenvalue weighted by molar-refractivity contribution is -0.116. The summed E-state index contributed by atoms with van der Waals surface area (Å²) in [5.41, 5.74) is 6.27. The van der Waals surface area contributed by atoms with Crippen molar-refractivity contribution in [1.29, 1.82) is 0 Å². The molecule has 4 heteroatoms. The van der Waals surface area contributed by atoms with Gasteiger partial charge in [0.15, 0.2) is 0 Å². The fourth-order valence-electron chi connectivity index (χ4n) is 1.36. The van der Waals surface area contributed by atoms with Crippen LogP contribution in [-0.2, 0) is 4.79 Å². The van der Waals surface area contributed by atoms with Gasteiger partial charge >= 0.3 is 0 Å². The van der Waals surface area contributed by atoms with Gasteiger partial charge in [0.1, 0.15) is 5.82 Å². The standard InChI is InChI=1S/C13H15FN2O/c1-2-3-4-5-6-13(17)16-12-9-10(14)7-8-11(12)15/h1,7-9H,3-6,15H2,(H,16,17). The number of halogens is 1. The number of unbranched alkanes of at least 4 members (excludes halogenated alkanes) is 2. The average molecular weight is 234 g/mol. The van der Waals surface area contributed by atoms with Gasteiger partial charge in [0, 0.05) is 12.8 Å². The number of nitrogens with one attached hydrogen (secondary N) is 1. The van der Waals surface area contributed by atoms with Crippen molar-refractivity contribution in [2.45, 2.75) is 25.7 Å². The SMILES string of the molecule is C#CCCCCC(=O)Nc1cc(F)ccc1N. The van der Waals surface area contributed by atoms with Crippen LogP contribution in [-0.4, -0.2) is 5.91 Å². The van der Waals surface area contributed by atoms with Crippen molar-refractivity contribution < 1.29 is 9.18 Å². The molecule has 0 bridgehead atoms. The maximum Gasteiger partial charge on any atom is 0.224 e. The van der Waals surface area contributed by atoms with E-state index in [1.807, 2.05) is 0 Å². The molecule has 1 aromatic carbocycles. The number of rotatable bonds is 5. The first kappa shape index (κ1) is 13.0. The molecule has 0 saturated heterocycles. The number of amides is 1. The largest absolute Gasteiger partial charge is 0.397 e. The number of hydrogen-bond donors (Lipinski definition) is 2. The number of nitrogens with two attached hydrogens (primary N) is 1. The summed E-state index contributed by atoms with van der Waals surface area (Å²) in [7, 11) is 0. The Morgan fingerprint density at radius 1 is 1.47 bits per heavy atom. The molecule has 90 valence electrons. The second kappa shape index (κ2) is 6.54. The van der Waals surface area contributed by atoms with E-state index in [-0.39, 0.29) is 5.91 Å². The Kier molecular flexibility index (Phi) is 5.02. The summed E-state index contributed by atoms with van der Waals surface area (Å²) in [6.07, 6.45) is 7.64. The normalized spacial score (nSPS) is 9.65. The number of benzene rings is 1. The van der Waals surface area contributed by atoms with E-state index in [0.717, 1.165) is 6.42 Å². The molecule has 0 saturated carbocycles. The minimum atomic E-state index is -0.429. The van der Waals surface area contributed by atoms with Crippen molar-refractivity contribution in [3.05, 3.63) is 24.0 Å². The van der Waals surface area contributed by atoms with Gasteiger partial charge in [-0.05, 0) is 31.0 Å². The van der Waals surface area contributed by atoms with E-state index in [4.69, 9.17) is 12.2 Å². The Labute approximate surface area is 100 Å². The molecule has 1 rings (SSSR count). The summed E-state index contributed by atoms with van der Waals surface area (Å²) in [5.74, 6) is 1.90. The van der Waals surface area contributed by atoms with Crippen molar-refractivity contribution in [2.75, 3.05) is 11.1 Å². The van der Waals surface area contributed by atoms with Crippen LogP contribution >= 0.6 is 0 Å². The lowest BCUT2D eigenvalue weighted by atomic mass is 10.2. The molecule has 17 heavy (non-hydrogen) atoms. The number of terminal acetylenes is 1. The zero-order valence-corrected chi connectivity index (χ0v) is 9.50. The smallest absolute Gasteiger partial charge is 0.224 e. The molecule has 0 heterocycles. The Morgan fingerprint density at radius 2 is 2.24 bits per heavy atom. The molecule has 0 aliphatic rings. The van der Waals surface area contributed by atoms with Crippen LogP contribution in [0.1, 0.15) is 25.7 Å². The van der Waals surface area contributed by atoms with Crippen molar-refractivity contribution in [3.63, 3.8) is 0 Å². The number of hydrogen-bond acceptors (Lipinski definition) is 2. The zero-order chi connectivity index (χ0) is 12.7. The highest BCUT2D eigenvalue weighted by molar-refractivity contribution is 5.93. The van der Waals surface area contributed by atoms with Crippen LogP contribution in [0.25, 0.3) is 0 Å². The van der Waals surface area contributed by atoms with Gasteiger partial charge in [-0.2, -0.15) is 0 Å². The molecule has 0 atom stereocenters. The van der Waals surface area contributed by atoms with Gasteiger partial charge in [-0.3, -0.25) is 4.79 Å². The number of anilines is 2. The molecule has 3 N–H and O–H groups in total. The van der Waals surface area contributed by atoms with Gasteiger partial charge in [-0.1, -0.05) is 0 Å². The third kappa shape index (κ3) is 4.56. The van der Waals surface area contributed by atoms with Crippen LogP contribution in [0.4, 0.5) is 15.8 Å². The van der Waals surface area contributed by atoms with Crippen molar-refractivity contribution in [1.82, 2.24) is 0 Å². The van der Waals surface area contributed by atoms with E-state index < -0.39 is 5.82 Å². The Bertz CT molecular complexity index is 438. The number of carbonyl (C=O) groups is 1. The lowest BCUT2D eigenvalue weighted by Gasteiger charge is -2.07. The second-order valence-electron chi connectivity index (χ2n) is 3.69. The first-order valence-corrected chi connectivity index (χ1v) is 5.42. The van der Waals surface area contributed by atoms with Crippen molar-refractivity contribution in [2.24, 2.45) is 0 Å². The molecule has 1 aromatic rings. The molecular weight excluding hydrogens is 219 g/mol. The topological polar surface area (TPSA) is 55.1 Å². The van der Waals surface area contributed by atoms with Crippen LogP contribution in [0.3, 0.4) is 0 Å². The van der Waals surface area contributed by atoms with E-state index in [9.17, 15) is 9.18 Å². The summed E-state index contributed by atoms with van der Waals surface area (Å²) < 4.78 is 12.9. The second-order valence-corrected chi connectivity index (χ2v) is 3.69. The summed E-state index contributed by atoms with van der Waals surface area (Å²) in [4.78, 5) is 11.5. The van der Waals surface area contributed by atoms with E-state index >= 15 is 0 Å². The first-order valence-electron chi connectivity index (χ1n) is 5.42. The van der Waals surface area contributed by atoms with E-state index in [1.165, 1.54) is 18.2 Å². The van der Waals surface area contributed by atoms with Crippen molar-refractivity contribution >= 4 is 17.3 Å². The lowest BCUT2D eigenvalue weighted by Crippen LogP contribution is -2.12. The summed E-state index contributed by atoms with van der Waals surface area (Å²) in [5, 5.41) is 2.57.